The summed E-state index contributed by atoms with van der Waals surface area (Å²) < 4.78 is 0.258. The fourth-order valence-corrected chi connectivity index (χ4v) is 2.07. The van der Waals surface area contributed by atoms with E-state index in [1.807, 2.05) is 0 Å². The lowest BCUT2D eigenvalue weighted by atomic mass is 9.95. The molecule has 1 aromatic heterocycles. The Morgan fingerprint density at radius 3 is 2.77 bits per heavy atom. The number of halogens is 1. The molecule has 0 spiro atoms. The highest BCUT2D eigenvalue weighted by Crippen LogP contribution is 2.30. The Bertz CT molecular complexity index is 397. The molecule has 0 unspecified atom stereocenters. The van der Waals surface area contributed by atoms with Crippen molar-refractivity contribution in [1.82, 2.24) is 4.98 Å². The Kier molecular flexibility index (Phi) is 2.15. The lowest BCUT2D eigenvalue weighted by Crippen LogP contribution is -2.15. The number of pyridine rings is 1. The summed E-state index contributed by atoms with van der Waals surface area (Å²) in [6.07, 6.45) is 3.89. The monoisotopic (exact) mass is 243 g/mol. The third kappa shape index (κ3) is 1.39. The van der Waals surface area contributed by atoms with Gasteiger partial charge in [0, 0.05) is 11.3 Å². The Balaban J connectivity index is 2.67. The van der Waals surface area contributed by atoms with Crippen molar-refractivity contribution in [3.63, 3.8) is 0 Å². The van der Waals surface area contributed by atoms with E-state index >= 15 is 0 Å². The summed E-state index contributed by atoms with van der Waals surface area (Å²) in [4.78, 5) is 14.0. The number of aromatic hydroxyl groups is 1. The zero-order chi connectivity index (χ0) is 9.42. The molecule has 0 aliphatic heterocycles. The fraction of sp³-hybridized carbons (Fsp3) is 0.444. The normalized spacial score (nSPS) is 15.5. The van der Waals surface area contributed by atoms with Crippen LogP contribution in [0.1, 0.15) is 24.1 Å². The molecule has 3 nitrogen and oxygen atoms in total. The summed E-state index contributed by atoms with van der Waals surface area (Å²) in [6, 6.07) is 0. The quantitative estimate of drug-likeness (QED) is 0.730. The van der Waals surface area contributed by atoms with Gasteiger partial charge >= 0.3 is 0 Å². The second-order valence-corrected chi connectivity index (χ2v) is 4.07. The summed E-state index contributed by atoms with van der Waals surface area (Å²) >= 11 is 3.06. The van der Waals surface area contributed by atoms with Gasteiger partial charge in [0.05, 0.1) is 0 Å². The summed E-state index contributed by atoms with van der Waals surface area (Å²) in [5.41, 5.74) is 1.56. The average molecular weight is 244 g/mol. The molecule has 0 fully saturated rings. The topological polar surface area (TPSA) is 53.1 Å². The maximum Gasteiger partial charge on any atom is 0.266 e. The van der Waals surface area contributed by atoms with Gasteiger partial charge in [0.2, 0.25) is 0 Å². The minimum Gasteiger partial charge on any atom is -0.506 e. The molecule has 2 N–H and O–H groups in total. The zero-order valence-electron chi connectivity index (χ0n) is 7.06. The number of nitrogens with one attached hydrogen (secondary N) is 1. The van der Waals surface area contributed by atoms with Crippen molar-refractivity contribution in [2.24, 2.45) is 0 Å². The van der Waals surface area contributed by atoms with Gasteiger partial charge in [-0.25, -0.2) is 0 Å². The third-order valence-electron chi connectivity index (χ3n) is 2.43. The van der Waals surface area contributed by atoms with Crippen molar-refractivity contribution >= 4 is 15.9 Å². The first kappa shape index (κ1) is 8.81. The first-order chi connectivity index (χ1) is 6.20. The first-order valence-electron chi connectivity index (χ1n) is 4.32. The first-order valence-corrected chi connectivity index (χ1v) is 5.12. The highest BCUT2D eigenvalue weighted by Gasteiger charge is 2.17. The van der Waals surface area contributed by atoms with Gasteiger partial charge < -0.3 is 10.1 Å². The second kappa shape index (κ2) is 3.18. The molecule has 0 bridgehead atoms. The molecule has 1 aliphatic rings. The summed E-state index contributed by atoms with van der Waals surface area (Å²) in [5.74, 6) is 0.124. The summed E-state index contributed by atoms with van der Waals surface area (Å²) in [7, 11) is 0. The van der Waals surface area contributed by atoms with E-state index in [2.05, 4.69) is 20.9 Å². The predicted octanol–water partition coefficient (Wildman–Crippen LogP) is 1.72. The number of rotatable bonds is 0. The standard InChI is InChI=1S/C9H10BrNO2/c10-7-8(12)5-3-1-2-4-6(5)11-9(7)13/h1-4H2,(H2,11,12,13). The Morgan fingerprint density at radius 1 is 1.31 bits per heavy atom. The van der Waals surface area contributed by atoms with E-state index < -0.39 is 0 Å². The molecule has 4 heteroatoms. The van der Waals surface area contributed by atoms with E-state index in [1.165, 1.54) is 0 Å². The van der Waals surface area contributed by atoms with Gasteiger partial charge in [-0.1, -0.05) is 0 Å². The molecule has 0 saturated carbocycles. The van der Waals surface area contributed by atoms with Crippen LogP contribution in [-0.4, -0.2) is 10.1 Å². The van der Waals surface area contributed by atoms with Crippen LogP contribution in [0, 0.1) is 0 Å². The highest BCUT2D eigenvalue weighted by atomic mass is 79.9. The van der Waals surface area contributed by atoms with Crippen LogP contribution < -0.4 is 5.56 Å². The van der Waals surface area contributed by atoms with Gasteiger partial charge in [-0.2, -0.15) is 0 Å². The van der Waals surface area contributed by atoms with Crippen molar-refractivity contribution < 1.29 is 5.11 Å². The van der Waals surface area contributed by atoms with E-state index in [0.29, 0.717) is 0 Å². The number of aryl methyl sites for hydroxylation is 1. The largest absolute Gasteiger partial charge is 0.506 e. The predicted molar refractivity (Wildman–Crippen MR) is 53.1 cm³/mol. The number of aromatic amines is 1. The smallest absolute Gasteiger partial charge is 0.266 e. The zero-order valence-corrected chi connectivity index (χ0v) is 8.65. The molecular weight excluding hydrogens is 234 g/mol. The molecule has 1 aromatic rings. The lowest BCUT2D eigenvalue weighted by molar-refractivity contribution is 0.454. The van der Waals surface area contributed by atoms with Crippen LogP contribution >= 0.6 is 15.9 Å². The average Bonchev–Trinajstić information content (AvgIpc) is 2.15. The molecule has 1 aliphatic carbocycles. The van der Waals surface area contributed by atoms with Crippen LogP contribution in [0.5, 0.6) is 5.75 Å². The van der Waals surface area contributed by atoms with E-state index in [4.69, 9.17) is 0 Å². The van der Waals surface area contributed by atoms with Gasteiger partial charge in [-0.15, -0.1) is 0 Å². The summed E-state index contributed by atoms with van der Waals surface area (Å²) in [5, 5.41) is 9.66. The molecule has 2 rings (SSSR count). The molecule has 13 heavy (non-hydrogen) atoms. The van der Waals surface area contributed by atoms with Gasteiger partial charge in [0.25, 0.3) is 5.56 Å². The van der Waals surface area contributed by atoms with Crippen molar-refractivity contribution in [2.75, 3.05) is 0 Å². The molecular formula is C9H10BrNO2. The molecule has 0 radical (unpaired) electrons. The number of H-pyrrole nitrogens is 1. The molecule has 0 saturated heterocycles. The van der Waals surface area contributed by atoms with Crippen LogP contribution in [0.25, 0.3) is 0 Å². The van der Waals surface area contributed by atoms with Gasteiger partial charge in [0.15, 0.2) is 0 Å². The van der Waals surface area contributed by atoms with E-state index in [1.54, 1.807) is 0 Å². The van der Waals surface area contributed by atoms with Crippen LogP contribution in [0.3, 0.4) is 0 Å². The second-order valence-electron chi connectivity index (χ2n) is 3.28. The molecule has 0 atom stereocenters. The van der Waals surface area contributed by atoms with Gasteiger partial charge in [0.1, 0.15) is 10.2 Å². The number of hydrogen-bond donors (Lipinski definition) is 2. The van der Waals surface area contributed by atoms with E-state index in [0.717, 1.165) is 36.9 Å². The van der Waals surface area contributed by atoms with Gasteiger partial charge in [-0.05, 0) is 41.6 Å². The number of aromatic nitrogens is 1. The van der Waals surface area contributed by atoms with E-state index in [9.17, 15) is 9.90 Å². The Labute approximate surface area is 83.9 Å². The summed E-state index contributed by atoms with van der Waals surface area (Å²) in [6.45, 7) is 0. The van der Waals surface area contributed by atoms with Crippen LogP contribution in [0.2, 0.25) is 0 Å². The van der Waals surface area contributed by atoms with E-state index in [-0.39, 0.29) is 15.8 Å². The maximum atomic E-state index is 11.2. The molecule has 1 heterocycles. The number of hydrogen-bond acceptors (Lipinski definition) is 2. The lowest BCUT2D eigenvalue weighted by Gasteiger charge is -2.16. The van der Waals surface area contributed by atoms with Crippen LogP contribution in [-0.2, 0) is 12.8 Å². The van der Waals surface area contributed by atoms with Crippen LogP contribution in [0.4, 0.5) is 0 Å². The van der Waals surface area contributed by atoms with Crippen molar-refractivity contribution in [3.8, 4) is 5.75 Å². The molecule has 0 aromatic carbocycles. The Morgan fingerprint density at radius 2 is 2.00 bits per heavy atom. The van der Waals surface area contributed by atoms with Crippen molar-refractivity contribution in [1.29, 1.82) is 0 Å². The minimum atomic E-state index is -0.238. The van der Waals surface area contributed by atoms with Crippen molar-refractivity contribution in [2.45, 2.75) is 25.7 Å². The SMILES string of the molecule is O=c1[nH]c2c(c(O)c1Br)CCCC2. The Hall–Kier alpha value is -0.770. The van der Waals surface area contributed by atoms with Gasteiger partial charge in [-0.3, -0.25) is 4.79 Å². The molecule has 0 amide bonds. The van der Waals surface area contributed by atoms with Crippen LogP contribution in [0.15, 0.2) is 9.27 Å². The highest BCUT2D eigenvalue weighted by molar-refractivity contribution is 9.10. The number of fused-ring (bicyclic) bond motifs is 1. The maximum absolute atomic E-state index is 11.2. The fourth-order valence-electron chi connectivity index (χ4n) is 1.74. The minimum absolute atomic E-state index is 0.124. The van der Waals surface area contributed by atoms with Crippen molar-refractivity contribution in [3.05, 3.63) is 26.1 Å². The molecule has 70 valence electrons. The third-order valence-corrected chi connectivity index (χ3v) is 3.16.